The van der Waals surface area contributed by atoms with Crippen LogP contribution in [0.5, 0.6) is 5.88 Å². The molecule has 0 spiro atoms. The molecular formula is C17H21N3O2. The van der Waals surface area contributed by atoms with Gasteiger partial charge in [-0.1, -0.05) is 24.3 Å². The second-order valence-corrected chi connectivity index (χ2v) is 5.62. The molecule has 0 atom stereocenters. The minimum Gasteiger partial charge on any atom is -0.480 e. The fourth-order valence-electron chi connectivity index (χ4n) is 3.06. The zero-order valence-electron chi connectivity index (χ0n) is 12.8. The Balaban J connectivity index is 1.92. The SMILES string of the molecule is COc1ncncc1-c1ccc(C2(CN)CCOCC2)cc1. The third kappa shape index (κ3) is 2.69. The molecule has 0 radical (unpaired) electrons. The van der Waals surface area contributed by atoms with E-state index in [-0.39, 0.29) is 5.41 Å². The number of nitrogens with zero attached hydrogens (tertiary/aromatic N) is 2. The Bertz CT molecular complexity index is 622. The minimum absolute atomic E-state index is 0.0358. The lowest BCUT2D eigenvalue weighted by atomic mass is 9.74. The summed E-state index contributed by atoms with van der Waals surface area (Å²) >= 11 is 0. The van der Waals surface area contributed by atoms with Crippen LogP contribution >= 0.6 is 0 Å². The van der Waals surface area contributed by atoms with Gasteiger partial charge in [-0.25, -0.2) is 9.97 Å². The second-order valence-electron chi connectivity index (χ2n) is 5.62. The average Bonchev–Trinajstić information content (AvgIpc) is 2.62. The summed E-state index contributed by atoms with van der Waals surface area (Å²) in [7, 11) is 1.62. The fourth-order valence-corrected chi connectivity index (χ4v) is 3.06. The van der Waals surface area contributed by atoms with E-state index < -0.39 is 0 Å². The number of benzene rings is 1. The van der Waals surface area contributed by atoms with Crippen molar-refractivity contribution in [2.75, 3.05) is 26.9 Å². The first-order chi connectivity index (χ1) is 10.8. The maximum absolute atomic E-state index is 6.07. The molecule has 0 aliphatic carbocycles. The number of aromatic nitrogens is 2. The van der Waals surface area contributed by atoms with Crippen molar-refractivity contribution in [1.82, 2.24) is 9.97 Å². The monoisotopic (exact) mass is 299 g/mol. The first kappa shape index (κ1) is 14.9. The molecule has 2 aromatic rings. The van der Waals surface area contributed by atoms with Crippen molar-refractivity contribution >= 4 is 0 Å². The molecule has 1 fully saturated rings. The zero-order valence-corrected chi connectivity index (χ0v) is 12.8. The lowest BCUT2D eigenvalue weighted by Crippen LogP contribution is -2.40. The van der Waals surface area contributed by atoms with E-state index in [4.69, 9.17) is 15.2 Å². The van der Waals surface area contributed by atoms with Crippen LogP contribution in [-0.2, 0) is 10.2 Å². The van der Waals surface area contributed by atoms with Crippen LogP contribution in [0.3, 0.4) is 0 Å². The van der Waals surface area contributed by atoms with Gasteiger partial charge in [0.25, 0.3) is 0 Å². The van der Waals surface area contributed by atoms with Crippen molar-refractivity contribution in [3.63, 3.8) is 0 Å². The third-order valence-corrected chi connectivity index (χ3v) is 4.52. The van der Waals surface area contributed by atoms with Crippen LogP contribution in [0.1, 0.15) is 18.4 Å². The standard InChI is InChI=1S/C17H21N3O2/c1-21-16-15(10-19-12-20-16)13-2-4-14(5-3-13)17(11-18)6-8-22-9-7-17/h2-5,10,12H,6-9,11,18H2,1H3. The van der Waals surface area contributed by atoms with Gasteiger partial charge in [-0.05, 0) is 24.0 Å². The topological polar surface area (TPSA) is 70.3 Å². The lowest BCUT2D eigenvalue weighted by molar-refractivity contribution is 0.0530. The minimum atomic E-state index is 0.0358. The van der Waals surface area contributed by atoms with Gasteiger partial charge in [-0.3, -0.25) is 0 Å². The molecule has 116 valence electrons. The Kier molecular flexibility index (Phi) is 4.36. The van der Waals surface area contributed by atoms with Gasteiger partial charge in [0.1, 0.15) is 6.33 Å². The summed E-state index contributed by atoms with van der Waals surface area (Å²) < 4.78 is 10.8. The van der Waals surface area contributed by atoms with Crippen LogP contribution in [0.25, 0.3) is 11.1 Å². The van der Waals surface area contributed by atoms with Crippen LogP contribution in [-0.4, -0.2) is 36.8 Å². The van der Waals surface area contributed by atoms with Crippen molar-refractivity contribution in [1.29, 1.82) is 0 Å². The van der Waals surface area contributed by atoms with Crippen molar-refractivity contribution in [3.8, 4) is 17.0 Å². The number of hydrogen-bond donors (Lipinski definition) is 1. The smallest absolute Gasteiger partial charge is 0.224 e. The van der Waals surface area contributed by atoms with Crippen molar-refractivity contribution in [2.45, 2.75) is 18.3 Å². The third-order valence-electron chi connectivity index (χ3n) is 4.52. The molecule has 3 rings (SSSR count). The molecule has 1 aliphatic rings. The van der Waals surface area contributed by atoms with Crippen LogP contribution < -0.4 is 10.5 Å². The highest BCUT2D eigenvalue weighted by Gasteiger charge is 2.32. The van der Waals surface area contributed by atoms with E-state index in [2.05, 4.69) is 34.2 Å². The quantitative estimate of drug-likeness (QED) is 0.937. The number of ether oxygens (including phenoxy) is 2. The van der Waals surface area contributed by atoms with Gasteiger partial charge < -0.3 is 15.2 Å². The molecule has 1 aromatic carbocycles. The summed E-state index contributed by atoms with van der Waals surface area (Å²) in [5, 5.41) is 0. The van der Waals surface area contributed by atoms with Crippen molar-refractivity contribution in [2.24, 2.45) is 5.73 Å². The molecule has 2 heterocycles. The van der Waals surface area contributed by atoms with Crippen LogP contribution in [0.2, 0.25) is 0 Å². The Morgan fingerprint density at radius 2 is 1.95 bits per heavy atom. The molecule has 5 heteroatoms. The van der Waals surface area contributed by atoms with Crippen LogP contribution in [0.4, 0.5) is 0 Å². The van der Waals surface area contributed by atoms with E-state index >= 15 is 0 Å². The normalized spacial score (nSPS) is 17.2. The van der Waals surface area contributed by atoms with Gasteiger partial charge in [0.15, 0.2) is 0 Å². The Labute approximate surface area is 130 Å². The molecule has 1 saturated heterocycles. The van der Waals surface area contributed by atoms with Gasteiger partial charge in [0.05, 0.1) is 12.7 Å². The lowest BCUT2D eigenvalue weighted by Gasteiger charge is -2.36. The second kappa shape index (κ2) is 6.42. The van der Waals surface area contributed by atoms with Gasteiger partial charge >= 0.3 is 0 Å². The van der Waals surface area contributed by atoms with Crippen LogP contribution in [0, 0.1) is 0 Å². The van der Waals surface area contributed by atoms with E-state index in [0.29, 0.717) is 12.4 Å². The average molecular weight is 299 g/mol. The summed E-state index contributed by atoms with van der Waals surface area (Å²) in [6.45, 7) is 2.20. The number of nitrogens with two attached hydrogens (primary N) is 1. The van der Waals surface area contributed by atoms with Gasteiger partial charge in [-0.15, -0.1) is 0 Å². The molecule has 0 saturated carbocycles. The molecular weight excluding hydrogens is 278 g/mol. The highest BCUT2D eigenvalue weighted by molar-refractivity contribution is 5.67. The summed E-state index contributed by atoms with van der Waals surface area (Å²) in [6, 6.07) is 8.48. The highest BCUT2D eigenvalue weighted by Crippen LogP contribution is 2.35. The Hall–Kier alpha value is -1.98. The molecule has 22 heavy (non-hydrogen) atoms. The molecule has 0 unspecified atom stereocenters. The molecule has 1 aliphatic heterocycles. The summed E-state index contributed by atoms with van der Waals surface area (Å²) in [4.78, 5) is 8.23. The van der Waals surface area contributed by atoms with Crippen molar-refractivity contribution < 1.29 is 9.47 Å². The maximum Gasteiger partial charge on any atom is 0.224 e. The molecule has 5 nitrogen and oxygen atoms in total. The summed E-state index contributed by atoms with van der Waals surface area (Å²) in [5.74, 6) is 0.586. The summed E-state index contributed by atoms with van der Waals surface area (Å²) in [6.07, 6.45) is 5.21. The Morgan fingerprint density at radius 3 is 2.59 bits per heavy atom. The van der Waals surface area contributed by atoms with E-state index in [1.165, 1.54) is 11.9 Å². The fraction of sp³-hybridized carbons (Fsp3) is 0.412. The van der Waals surface area contributed by atoms with E-state index in [1.54, 1.807) is 13.3 Å². The highest BCUT2D eigenvalue weighted by atomic mass is 16.5. The largest absolute Gasteiger partial charge is 0.480 e. The van der Waals surface area contributed by atoms with Gasteiger partial charge in [0, 0.05) is 31.4 Å². The van der Waals surface area contributed by atoms with E-state index in [9.17, 15) is 0 Å². The molecule has 0 bridgehead atoms. The number of methoxy groups -OCH3 is 1. The first-order valence-electron chi connectivity index (χ1n) is 7.52. The molecule has 2 N–H and O–H groups in total. The molecule has 0 amide bonds. The predicted molar refractivity (Wildman–Crippen MR) is 84.8 cm³/mol. The molecule has 1 aromatic heterocycles. The predicted octanol–water partition coefficient (Wildman–Crippen LogP) is 2.16. The summed E-state index contributed by atoms with van der Waals surface area (Å²) in [5.41, 5.74) is 9.32. The van der Waals surface area contributed by atoms with Gasteiger partial charge in [0.2, 0.25) is 5.88 Å². The first-order valence-corrected chi connectivity index (χ1v) is 7.52. The number of hydrogen-bond acceptors (Lipinski definition) is 5. The Morgan fingerprint density at radius 1 is 1.23 bits per heavy atom. The maximum atomic E-state index is 6.07. The van der Waals surface area contributed by atoms with E-state index in [0.717, 1.165) is 37.2 Å². The van der Waals surface area contributed by atoms with Crippen LogP contribution in [0.15, 0.2) is 36.8 Å². The van der Waals surface area contributed by atoms with Crippen molar-refractivity contribution in [3.05, 3.63) is 42.4 Å². The number of rotatable bonds is 4. The zero-order chi connectivity index (χ0) is 15.4. The van der Waals surface area contributed by atoms with Gasteiger partial charge in [-0.2, -0.15) is 0 Å². The van der Waals surface area contributed by atoms with E-state index in [1.807, 2.05) is 0 Å².